The summed E-state index contributed by atoms with van der Waals surface area (Å²) in [5, 5.41) is 12.5. The minimum Gasteiger partial charge on any atom is -0.461 e. The molecule has 204 valence electrons. The van der Waals surface area contributed by atoms with E-state index in [9.17, 15) is 14.3 Å². The lowest BCUT2D eigenvalue weighted by atomic mass is 9.97. The third-order valence-electron chi connectivity index (χ3n) is 6.92. The van der Waals surface area contributed by atoms with E-state index in [0.29, 0.717) is 22.1 Å². The highest BCUT2D eigenvalue weighted by Gasteiger charge is 2.32. The van der Waals surface area contributed by atoms with Crippen LogP contribution in [0.4, 0.5) is 0 Å². The minimum atomic E-state index is -1.11. The second-order valence-corrected chi connectivity index (χ2v) is 13.3. The first-order valence-corrected chi connectivity index (χ1v) is 16.6. The highest BCUT2D eigenvalue weighted by molar-refractivity contribution is 7.99. The third kappa shape index (κ3) is 7.08. The number of carbonyl (C=O) groups is 1. The molecule has 4 aromatic rings. The Bertz CT molecular complexity index is 1490. The van der Waals surface area contributed by atoms with Gasteiger partial charge in [-0.3, -0.25) is 9.00 Å². The lowest BCUT2D eigenvalue weighted by Crippen LogP contribution is -2.38. The van der Waals surface area contributed by atoms with Gasteiger partial charge in [0.1, 0.15) is 17.2 Å². The number of hydrogen-bond acceptors (Lipinski definition) is 7. The monoisotopic (exact) mass is 586 g/mol. The summed E-state index contributed by atoms with van der Waals surface area (Å²) in [6.45, 7) is 0. The number of ether oxygens (including phenoxy) is 1. The van der Waals surface area contributed by atoms with E-state index < -0.39 is 10.8 Å². The first kappa shape index (κ1) is 28.3. The molecule has 0 aliphatic heterocycles. The van der Waals surface area contributed by atoms with Gasteiger partial charge in [-0.15, -0.1) is 23.1 Å². The van der Waals surface area contributed by atoms with E-state index in [1.54, 1.807) is 11.3 Å². The standard InChI is InChI=1S/C32H30N2O3S3/c33-21-26-25(24-12-5-2-6-13-24)20-27(29-15-9-18-38-29)34-32(26)39-19-17-31(35)37-28-14-7-8-16-30(28)40(36)22-23-10-3-1-4-11-23/h1-6,9-13,15,18,20,28,30H,7-8,14,16-17,19,22H2/t28-,30-,40-/m0/s1. The third-order valence-corrected chi connectivity index (χ3v) is 10.6. The predicted octanol–water partition coefficient (Wildman–Crippen LogP) is 7.63. The molecule has 0 amide bonds. The van der Waals surface area contributed by atoms with Gasteiger partial charge in [0.2, 0.25) is 0 Å². The molecule has 0 spiro atoms. The van der Waals surface area contributed by atoms with Crippen LogP contribution in [-0.2, 0) is 26.1 Å². The Morgan fingerprint density at radius 1 is 1.05 bits per heavy atom. The van der Waals surface area contributed by atoms with Crippen molar-refractivity contribution in [3.8, 4) is 27.8 Å². The van der Waals surface area contributed by atoms with Crippen molar-refractivity contribution >= 4 is 39.9 Å². The van der Waals surface area contributed by atoms with E-state index in [1.807, 2.05) is 84.2 Å². The summed E-state index contributed by atoms with van der Waals surface area (Å²) >= 11 is 3.00. The van der Waals surface area contributed by atoms with Gasteiger partial charge in [-0.1, -0.05) is 73.2 Å². The fourth-order valence-corrected chi connectivity index (χ4v) is 8.24. The minimum absolute atomic E-state index is 0.145. The van der Waals surface area contributed by atoms with Crippen molar-refractivity contribution in [1.82, 2.24) is 4.98 Å². The Balaban J connectivity index is 1.26. The summed E-state index contributed by atoms with van der Waals surface area (Å²) in [5.41, 5.74) is 4.13. The van der Waals surface area contributed by atoms with E-state index in [0.717, 1.165) is 52.9 Å². The van der Waals surface area contributed by atoms with E-state index >= 15 is 0 Å². The van der Waals surface area contributed by atoms with Crippen LogP contribution in [0.25, 0.3) is 21.7 Å². The van der Waals surface area contributed by atoms with Crippen LogP contribution in [0.5, 0.6) is 0 Å². The predicted molar refractivity (Wildman–Crippen MR) is 163 cm³/mol. The fraction of sp³-hybridized carbons (Fsp3) is 0.281. The zero-order valence-corrected chi connectivity index (χ0v) is 24.5. The molecule has 0 unspecified atom stereocenters. The Morgan fingerprint density at radius 3 is 2.52 bits per heavy atom. The van der Waals surface area contributed by atoms with E-state index in [-0.39, 0.29) is 23.7 Å². The number of hydrogen-bond donors (Lipinski definition) is 0. The molecule has 1 aliphatic carbocycles. The molecule has 2 aromatic carbocycles. The summed E-state index contributed by atoms with van der Waals surface area (Å²) in [5.74, 6) is 0.618. The average molecular weight is 587 g/mol. The first-order valence-electron chi connectivity index (χ1n) is 13.4. The van der Waals surface area contributed by atoms with Gasteiger partial charge in [-0.2, -0.15) is 5.26 Å². The van der Waals surface area contributed by atoms with Gasteiger partial charge < -0.3 is 4.74 Å². The maximum Gasteiger partial charge on any atom is 0.306 e. The summed E-state index contributed by atoms with van der Waals surface area (Å²) in [6.07, 6.45) is 3.39. The molecule has 2 heterocycles. The lowest BCUT2D eigenvalue weighted by Gasteiger charge is -2.30. The number of esters is 1. The Morgan fingerprint density at radius 2 is 1.80 bits per heavy atom. The van der Waals surface area contributed by atoms with Crippen molar-refractivity contribution < 1.29 is 13.7 Å². The van der Waals surface area contributed by atoms with Gasteiger partial charge in [0.05, 0.1) is 27.8 Å². The molecule has 3 atom stereocenters. The zero-order chi connectivity index (χ0) is 27.7. The molecule has 5 nitrogen and oxygen atoms in total. The van der Waals surface area contributed by atoms with Crippen LogP contribution in [0.15, 0.2) is 89.3 Å². The number of pyridine rings is 1. The van der Waals surface area contributed by atoms with Gasteiger partial charge in [-0.25, -0.2) is 4.98 Å². The van der Waals surface area contributed by atoms with E-state index in [1.165, 1.54) is 11.8 Å². The van der Waals surface area contributed by atoms with Crippen LogP contribution in [0.1, 0.15) is 43.2 Å². The molecule has 2 aromatic heterocycles. The normalized spacial score (nSPS) is 17.6. The molecule has 1 saturated carbocycles. The molecule has 0 N–H and O–H groups in total. The molecular formula is C32H30N2O3S3. The maximum absolute atomic E-state index is 13.2. The first-order chi connectivity index (χ1) is 19.6. The molecule has 0 radical (unpaired) electrons. The smallest absolute Gasteiger partial charge is 0.306 e. The number of nitriles is 1. The van der Waals surface area contributed by atoms with Gasteiger partial charge in [-0.05, 0) is 47.9 Å². The van der Waals surface area contributed by atoms with Gasteiger partial charge in [0.25, 0.3) is 0 Å². The molecule has 0 bridgehead atoms. The molecule has 8 heteroatoms. The van der Waals surface area contributed by atoms with Gasteiger partial charge in [0, 0.05) is 27.9 Å². The van der Waals surface area contributed by atoms with Crippen molar-refractivity contribution in [3.05, 3.63) is 95.4 Å². The van der Waals surface area contributed by atoms with Crippen LogP contribution < -0.4 is 0 Å². The van der Waals surface area contributed by atoms with Crippen LogP contribution in [0, 0.1) is 11.3 Å². The highest BCUT2D eigenvalue weighted by atomic mass is 32.2. The SMILES string of the molecule is N#Cc1c(-c2ccccc2)cc(-c2cccs2)nc1SCCC(=O)O[C@H]1CCCC[C@@H]1[S@@](=O)Cc1ccccc1. The molecule has 1 aliphatic rings. The molecule has 0 saturated heterocycles. The number of thiophene rings is 1. The topological polar surface area (TPSA) is 80.1 Å². The van der Waals surface area contributed by atoms with Crippen molar-refractivity contribution in [3.63, 3.8) is 0 Å². The Labute approximate surface area is 246 Å². The van der Waals surface area contributed by atoms with Gasteiger partial charge in [0.15, 0.2) is 0 Å². The average Bonchev–Trinajstić information content (AvgIpc) is 3.53. The molecule has 5 rings (SSSR count). The number of nitrogens with zero attached hydrogens (tertiary/aromatic N) is 2. The van der Waals surface area contributed by atoms with Crippen molar-refractivity contribution in [2.75, 3.05) is 5.75 Å². The molecule has 40 heavy (non-hydrogen) atoms. The van der Waals surface area contributed by atoms with Crippen LogP contribution in [0.3, 0.4) is 0 Å². The summed E-state index contributed by atoms with van der Waals surface area (Å²) in [7, 11) is -1.11. The lowest BCUT2D eigenvalue weighted by molar-refractivity contribution is -0.149. The van der Waals surface area contributed by atoms with Crippen LogP contribution in [-0.4, -0.2) is 32.3 Å². The molecular weight excluding hydrogens is 557 g/mol. The Hall–Kier alpha value is -3.25. The highest BCUT2D eigenvalue weighted by Crippen LogP contribution is 2.36. The van der Waals surface area contributed by atoms with Crippen molar-refractivity contribution in [1.29, 1.82) is 5.26 Å². The second-order valence-electron chi connectivity index (χ2n) is 9.65. The number of aromatic nitrogens is 1. The van der Waals surface area contributed by atoms with Crippen LogP contribution >= 0.6 is 23.1 Å². The fourth-order valence-electron chi connectivity index (χ4n) is 4.93. The van der Waals surface area contributed by atoms with Crippen LogP contribution in [0.2, 0.25) is 0 Å². The number of benzene rings is 2. The molecule has 1 fully saturated rings. The summed E-state index contributed by atoms with van der Waals surface area (Å²) < 4.78 is 19.1. The quantitative estimate of drug-likeness (QED) is 0.140. The number of rotatable bonds is 10. The summed E-state index contributed by atoms with van der Waals surface area (Å²) in [6, 6.07) is 28.0. The largest absolute Gasteiger partial charge is 0.461 e. The maximum atomic E-state index is 13.2. The van der Waals surface area contributed by atoms with E-state index in [4.69, 9.17) is 9.72 Å². The number of thioether (sulfide) groups is 1. The number of carbonyl (C=O) groups excluding carboxylic acids is 1. The van der Waals surface area contributed by atoms with Crippen molar-refractivity contribution in [2.45, 2.75) is 54.2 Å². The zero-order valence-electron chi connectivity index (χ0n) is 22.0. The van der Waals surface area contributed by atoms with Gasteiger partial charge >= 0.3 is 5.97 Å². The second kappa shape index (κ2) is 13.9. The summed E-state index contributed by atoms with van der Waals surface area (Å²) in [4.78, 5) is 18.7. The van der Waals surface area contributed by atoms with E-state index in [2.05, 4.69) is 6.07 Å². The Kier molecular flexibility index (Phi) is 9.82. The van der Waals surface area contributed by atoms with Crippen molar-refractivity contribution in [2.24, 2.45) is 0 Å².